The van der Waals surface area contributed by atoms with E-state index in [2.05, 4.69) is 0 Å². The Morgan fingerprint density at radius 1 is 1.05 bits per heavy atom. The zero-order chi connectivity index (χ0) is 13.8. The van der Waals surface area contributed by atoms with E-state index in [1.54, 1.807) is 6.08 Å². The van der Waals surface area contributed by atoms with Crippen LogP contribution in [0.3, 0.4) is 0 Å². The first kappa shape index (κ1) is 13.8. The van der Waals surface area contributed by atoms with Crippen molar-refractivity contribution in [1.82, 2.24) is 0 Å². The number of carbonyl (C=O) groups is 1. The van der Waals surface area contributed by atoms with E-state index >= 15 is 0 Å². The van der Waals surface area contributed by atoms with Crippen molar-refractivity contribution in [2.24, 2.45) is 0 Å². The number of ketones is 1. The lowest BCUT2D eigenvalue weighted by atomic mass is 10.1. The largest absolute Gasteiger partial charge is 0.289 e. The van der Waals surface area contributed by atoms with Crippen LogP contribution in [0.15, 0.2) is 48.5 Å². The lowest BCUT2D eigenvalue weighted by Gasteiger charge is -2.03. The van der Waals surface area contributed by atoms with Crippen molar-refractivity contribution < 1.29 is 9.18 Å². The van der Waals surface area contributed by atoms with Gasteiger partial charge in [0.25, 0.3) is 0 Å². The smallest absolute Gasteiger partial charge is 0.188 e. The Morgan fingerprint density at radius 3 is 2.42 bits per heavy atom. The van der Waals surface area contributed by atoms with Crippen LogP contribution in [-0.4, -0.2) is 5.78 Å². The third kappa shape index (κ3) is 3.22. The molecule has 0 heterocycles. The second kappa shape index (κ2) is 6.00. The van der Waals surface area contributed by atoms with E-state index in [-0.39, 0.29) is 15.6 Å². The average Bonchev–Trinajstić information content (AvgIpc) is 2.42. The van der Waals surface area contributed by atoms with Crippen LogP contribution in [0.1, 0.15) is 15.9 Å². The fraction of sp³-hybridized carbons (Fsp3) is 0. The SMILES string of the molecule is O=C(C=Cc1ccccc1)c1c(Cl)ccc(F)c1Cl. The van der Waals surface area contributed by atoms with Crippen molar-refractivity contribution in [3.8, 4) is 0 Å². The molecule has 96 valence electrons. The van der Waals surface area contributed by atoms with Gasteiger partial charge in [0.15, 0.2) is 5.78 Å². The van der Waals surface area contributed by atoms with Gasteiger partial charge in [-0.05, 0) is 23.8 Å². The molecule has 2 rings (SSSR count). The average molecular weight is 295 g/mol. The molecule has 0 aliphatic rings. The lowest BCUT2D eigenvalue weighted by Crippen LogP contribution is -1.98. The molecule has 0 unspecified atom stereocenters. The maximum Gasteiger partial charge on any atom is 0.188 e. The van der Waals surface area contributed by atoms with Crippen molar-refractivity contribution in [3.05, 3.63) is 75.5 Å². The van der Waals surface area contributed by atoms with Gasteiger partial charge in [0.1, 0.15) is 5.82 Å². The summed E-state index contributed by atoms with van der Waals surface area (Å²) in [6.07, 6.45) is 2.95. The van der Waals surface area contributed by atoms with Crippen molar-refractivity contribution in [1.29, 1.82) is 0 Å². The number of rotatable bonds is 3. The van der Waals surface area contributed by atoms with E-state index in [0.29, 0.717) is 0 Å². The lowest BCUT2D eigenvalue weighted by molar-refractivity contribution is 0.104. The Bertz CT molecular complexity index is 636. The molecule has 0 fully saturated rings. The fourth-order valence-corrected chi connectivity index (χ4v) is 2.13. The van der Waals surface area contributed by atoms with E-state index in [1.165, 1.54) is 12.1 Å². The number of allylic oxidation sites excluding steroid dienone is 1. The maximum absolute atomic E-state index is 13.3. The monoisotopic (exact) mass is 294 g/mol. The van der Waals surface area contributed by atoms with Crippen LogP contribution in [0.4, 0.5) is 4.39 Å². The van der Waals surface area contributed by atoms with Gasteiger partial charge in [0, 0.05) is 0 Å². The van der Waals surface area contributed by atoms with Crippen LogP contribution in [0.2, 0.25) is 10.0 Å². The highest BCUT2D eigenvalue weighted by Crippen LogP contribution is 2.28. The zero-order valence-corrected chi connectivity index (χ0v) is 11.3. The summed E-state index contributed by atoms with van der Waals surface area (Å²) in [6, 6.07) is 11.7. The Hall–Kier alpha value is -1.64. The molecule has 0 bridgehead atoms. The van der Waals surface area contributed by atoms with Gasteiger partial charge < -0.3 is 0 Å². The Morgan fingerprint density at radius 2 is 1.74 bits per heavy atom. The predicted octanol–water partition coefficient (Wildman–Crippen LogP) is 5.03. The Balaban J connectivity index is 2.31. The van der Waals surface area contributed by atoms with Crippen molar-refractivity contribution >= 4 is 35.1 Å². The highest BCUT2D eigenvalue weighted by atomic mass is 35.5. The zero-order valence-electron chi connectivity index (χ0n) is 9.74. The van der Waals surface area contributed by atoms with Crippen molar-refractivity contribution in [2.45, 2.75) is 0 Å². The van der Waals surface area contributed by atoms with Crippen LogP contribution in [0.25, 0.3) is 6.08 Å². The Labute approximate surface area is 120 Å². The van der Waals surface area contributed by atoms with Gasteiger partial charge >= 0.3 is 0 Å². The summed E-state index contributed by atoms with van der Waals surface area (Å²) in [5.41, 5.74) is 0.843. The minimum atomic E-state index is -0.664. The summed E-state index contributed by atoms with van der Waals surface area (Å²) >= 11 is 11.6. The molecule has 0 N–H and O–H groups in total. The van der Waals surface area contributed by atoms with Crippen LogP contribution in [-0.2, 0) is 0 Å². The van der Waals surface area contributed by atoms with Crippen LogP contribution in [0, 0.1) is 5.82 Å². The first-order valence-electron chi connectivity index (χ1n) is 5.50. The molecule has 2 aromatic rings. The molecule has 19 heavy (non-hydrogen) atoms. The number of hydrogen-bond donors (Lipinski definition) is 0. The van der Waals surface area contributed by atoms with Gasteiger partial charge in [0.05, 0.1) is 15.6 Å². The molecule has 2 aromatic carbocycles. The molecule has 1 nitrogen and oxygen atoms in total. The second-order valence-corrected chi connectivity index (χ2v) is 4.61. The molecular weight excluding hydrogens is 286 g/mol. The molecule has 0 aromatic heterocycles. The first-order valence-corrected chi connectivity index (χ1v) is 6.26. The van der Waals surface area contributed by atoms with Gasteiger partial charge in [-0.25, -0.2) is 4.39 Å². The molecule has 0 aliphatic heterocycles. The number of hydrogen-bond acceptors (Lipinski definition) is 1. The number of halogens is 3. The van der Waals surface area contributed by atoms with Crippen LogP contribution in [0.5, 0.6) is 0 Å². The fourth-order valence-electron chi connectivity index (χ4n) is 1.57. The summed E-state index contributed by atoms with van der Waals surface area (Å²) < 4.78 is 13.3. The normalized spacial score (nSPS) is 10.9. The highest BCUT2D eigenvalue weighted by Gasteiger charge is 2.15. The minimum Gasteiger partial charge on any atom is -0.289 e. The van der Waals surface area contributed by atoms with Gasteiger partial charge in [-0.2, -0.15) is 0 Å². The third-order valence-corrected chi connectivity index (χ3v) is 3.20. The summed E-state index contributed by atoms with van der Waals surface area (Å²) in [5.74, 6) is -1.10. The summed E-state index contributed by atoms with van der Waals surface area (Å²) in [4.78, 5) is 12.0. The molecular formula is C15H9Cl2FO. The van der Waals surface area contributed by atoms with E-state index in [0.717, 1.165) is 11.6 Å². The molecule has 0 aliphatic carbocycles. The quantitative estimate of drug-likeness (QED) is 0.441. The van der Waals surface area contributed by atoms with Gasteiger partial charge in [0.2, 0.25) is 0 Å². The molecule has 0 amide bonds. The van der Waals surface area contributed by atoms with Gasteiger partial charge in [-0.3, -0.25) is 4.79 Å². The Kier molecular flexibility index (Phi) is 4.35. The molecule has 0 atom stereocenters. The second-order valence-electron chi connectivity index (χ2n) is 3.83. The van der Waals surface area contributed by atoms with Crippen LogP contribution < -0.4 is 0 Å². The first-order chi connectivity index (χ1) is 9.09. The van der Waals surface area contributed by atoms with Gasteiger partial charge in [-0.15, -0.1) is 0 Å². The molecule has 0 radical (unpaired) electrons. The van der Waals surface area contributed by atoms with E-state index in [1.807, 2.05) is 30.3 Å². The van der Waals surface area contributed by atoms with Crippen LogP contribution >= 0.6 is 23.2 Å². The maximum atomic E-state index is 13.3. The van der Waals surface area contributed by atoms with Crippen molar-refractivity contribution in [2.75, 3.05) is 0 Å². The van der Waals surface area contributed by atoms with E-state index in [9.17, 15) is 9.18 Å². The molecule has 4 heteroatoms. The van der Waals surface area contributed by atoms with Gasteiger partial charge in [-0.1, -0.05) is 59.6 Å². The molecule has 0 saturated heterocycles. The molecule has 0 saturated carbocycles. The topological polar surface area (TPSA) is 17.1 Å². The minimum absolute atomic E-state index is 0.0180. The summed E-state index contributed by atoms with van der Waals surface area (Å²) in [7, 11) is 0. The van der Waals surface area contributed by atoms with E-state index in [4.69, 9.17) is 23.2 Å². The predicted molar refractivity (Wildman–Crippen MR) is 76.2 cm³/mol. The van der Waals surface area contributed by atoms with E-state index < -0.39 is 11.6 Å². The molecule has 0 spiro atoms. The number of carbonyl (C=O) groups excluding carboxylic acids is 1. The third-order valence-electron chi connectivity index (χ3n) is 2.52. The highest BCUT2D eigenvalue weighted by molar-refractivity contribution is 6.40. The summed E-state index contributed by atoms with van der Waals surface area (Å²) in [6.45, 7) is 0. The number of benzene rings is 2. The standard InChI is InChI=1S/C15H9Cl2FO/c16-11-7-8-12(18)15(17)14(11)13(19)9-6-10-4-2-1-3-5-10/h1-9H. The van der Waals surface area contributed by atoms with Crippen molar-refractivity contribution in [3.63, 3.8) is 0 Å². The summed E-state index contributed by atoms with van der Waals surface area (Å²) in [5, 5.41) is -0.121.